The Labute approximate surface area is 123 Å². The summed E-state index contributed by atoms with van der Waals surface area (Å²) >= 11 is 0. The minimum atomic E-state index is -1.08. The van der Waals surface area contributed by atoms with Gasteiger partial charge in [-0.2, -0.15) is 0 Å². The highest BCUT2D eigenvalue weighted by atomic mass is 16.6. The maximum atomic E-state index is 12.3. The lowest BCUT2D eigenvalue weighted by Gasteiger charge is -2.27. The van der Waals surface area contributed by atoms with Crippen LogP contribution >= 0.6 is 0 Å². The smallest absolute Gasteiger partial charge is 0.270 e. The van der Waals surface area contributed by atoms with Crippen molar-refractivity contribution in [3.63, 3.8) is 0 Å². The molecule has 22 heavy (non-hydrogen) atoms. The van der Waals surface area contributed by atoms with Gasteiger partial charge in [0.25, 0.3) is 17.5 Å². The monoisotopic (exact) mass is 303 g/mol. The zero-order valence-electron chi connectivity index (χ0n) is 11.1. The van der Waals surface area contributed by atoms with E-state index in [1.807, 2.05) is 0 Å². The normalized spacial score (nSPS) is 20.9. The molecule has 0 unspecified atom stereocenters. The average molecular weight is 303 g/mol. The first-order chi connectivity index (χ1) is 10.4. The Morgan fingerprint density at radius 3 is 2.45 bits per heavy atom. The zero-order valence-corrected chi connectivity index (χ0v) is 11.1. The van der Waals surface area contributed by atoms with Crippen LogP contribution in [-0.2, 0) is 9.59 Å². The molecule has 2 aliphatic rings. The van der Waals surface area contributed by atoms with Gasteiger partial charge in [0, 0.05) is 18.6 Å². The molecule has 0 bridgehead atoms. The maximum Gasteiger partial charge on any atom is 0.270 e. The Hall–Kier alpha value is -3.10. The number of carbonyl (C=O) groups excluding carboxylic acids is 4. The van der Waals surface area contributed by atoms with Gasteiger partial charge in [0.15, 0.2) is 0 Å². The van der Waals surface area contributed by atoms with Gasteiger partial charge in [0.1, 0.15) is 6.04 Å². The van der Waals surface area contributed by atoms with Crippen LogP contribution in [0.4, 0.5) is 5.69 Å². The second-order valence-corrected chi connectivity index (χ2v) is 4.93. The number of nitrogens with zero attached hydrogens (tertiary/aromatic N) is 2. The Balaban J connectivity index is 1.98. The van der Waals surface area contributed by atoms with Crippen molar-refractivity contribution >= 4 is 29.3 Å². The second kappa shape index (κ2) is 4.72. The standard InChI is InChI=1S/C13H9N3O6/c17-10-4-3-9(11(18)14-10)15-12(19)7-2-1-6(16(21)22)5-8(7)13(15)20/h1-2,5,9H,3-4H2,(H,14,17,18)/t9-/m1/s1. The summed E-state index contributed by atoms with van der Waals surface area (Å²) in [5.74, 6) is -2.64. The van der Waals surface area contributed by atoms with Crippen molar-refractivity contribution in [1.29, 1.82) is 0 Å². The zero-order chi connectivity index (χ0) is 16.0. The van der Waals surface area contributed by atoms with E-state index in [1.165, 1.54) is 6.07 Å². The van der Waals surface area contributed by atoms with E-state index >= 15 is 0 Å². The molecule has 112 valence electrons. The van der Waals surface area contributed by atoms with Crippen LogP contribution in [0.25, 0.3) is 0 Å². The molecule has 1 aromatic carbocycles. The number of nitro groups is 1. The maximum absolute atomic E-state index is 12.3. The van der Waals surface area contributed by atoms with Crippen molar-refractivity contribution in [2.24, 2.45) is 0 Å². The van der Waals surface area contributed by atoms with E-state index in [4.69, 9.17) is 0 Å². The fraction of sp³-hybridized carbons (Fsp3) is 0.231. The number of fused-ring (bicyclic) bond motifs is 1. The first kappa shape index (κ1) is 13.9. The van der Waals surface area contributed by atoms with Crippen molar-refractivity contribution in [1.82, 2.24) is 10.2 Å². The molecular formula is C13H9N3O6. The molecular weight excluding hydrogens is 294 g/mol. The van der Waals surface area contributed by atoms with Gasteiger partial charge in [-0.25, -0.2) is 0 Å². The summed E-state index contributed by atoms with van der Waals surface area (Å²) in [5, 5.41) is 12.8. The number of nitrogens with one attached hydrogen (secondary N) is 1. The predicted octanol–water partition coefficient (Wildman–Crippen LogP) is -0.00400. The van der Waals surface area contributed by atoms with E-state index in [-0.39, 0.29) is 29.7 Å². The van der Waals surface area contributed by atoms with Gasteiger partial charge in [0.2, 0.25) is 11.8 Å². The number of benzene rings is 1. The number of nitro benzene ring substituents is 1. The van der Waals surface area contributed by atoms with Crippen LogP contribution in [0.2, 0.25) is 0 Å². The van der Waals surface area contributed by atoms with Crippen molar-refractivity contribution in [2.45, 2.75) is 18.9 Å². The number of piperidine rings is 1. The number of hydrogen-bond acceptors (Lipinski definition) is 6. The second-order valence-electron chi connectivity index (χ2n) is 4.93. The number of amides is 4. The highest BCUT2D eigenvalue weighted by molar-refractivity contribution is 6.23. The van der Waals surface area contributed by atoms with Gasteiger partial charge in [0.05, 0.1) is 16.1 Å². The molecule has 9 nitrogen and oxygen atoms in total. The van der Waals surface area contributed by atoms with E-state index in [0.29, 0.717) is 0 Å². The molecule has 0 saturated carbocycles. The molecule has 1 aromatic rings. The van der Waals surface area contributed by atoms with Gasteiger partial charge in [-0.05, 0) is 12.5 Å². The number of rotatable bonds is 2. The molecule has 0 aliphatic carbocycles. The van der Waals surface area contributed by atoms with Crippen LogP contribution in [-0.4, -0.2) is 39.5 Å². The Bertz CT molecular complexity index is 756. The van der Waals surface area contributed by atoms with E-state index in [9.17, 15) is 29.3 Å². The third-order valence-electron chi connectivity index (χ3n) is 3.63. The van der Waals surface area contributed by atoms with Crippen LogP contribution in [0.1, 0.15) is 33.6 Å². The third-order valence-corrected chi connectivity index (χ3v) is 3.63. The van der Waals surface area contributed by atoms with Crippen LogP contribution in [0.15, 0.2) is 18.2 Å². The minimum absolute atomic E-state index is 0.0142. The first-order valence-corrected chi connectivity index (χ1v) is 6.40. The van der Waals surface area contributed by atoms with Gasteiger partial charge in [-0.1, -0.05) is 0 Å². The molecule has 2 aliphatic heterocycles. The van der Waals surface area contributed by atoms with E-state index in [2.05, 4.69) is 5.32 Å². The van der Waals surface area contributed by atoms with E-state index < -0.39 is 34.6 Å². The average Bonchev–Trinajstić information content (AvgIpc) is 2.71. The number of carbonyl (C=O) groups is 4. The lowest BCUT2D eigenvalue weighted by atomic mass is 10.0. The lowest BCUT2D eigenvalue weighted by molar-refractivity contribution is -0.384. The topological polar surface area (TPSA) is 127 Å². The van der Waals surface area contributed by atoms with Gasteiger partial charge >= 0.3 is 0 Å². The minimum Gasteiger partial charge on any atom is -0.295 e. The molecule has 0 radical (unpaired) electrons. The highest BCUT2D eigenvalue weighted by Crippen LogP contribution is 2.29. The Morgan fingerprint density at radius 1 is 1.14 bits per heavy atom. The lowest BCUT2D eigenvalue weighted by Crippen LogP contribution is -2.54. The van der Waals surface area contributed by atoms with Crippen LogP contribution in [0, 0.1) is 10.1 Å². The molecule has 0 aromatic heterocycles. The summed E-state index contributed by atoms with van der Waals surface area (Å²) in [4.78, 5) is 58.4. The number of hydrogen-bond donors (Lipinski definition) is 1. The molecule has 1 fully saturated rings. The molecule has 1 atom stereocenters. The first-order valence-electron chi connectivity index (χ1n) is 6.40. The quantitative estimate of drug-likeness (QED) is 0.465. The summed E-state index contributed by atoms with van der Waals surface area (Å²) < 4.78 is 0. The summed E-state index contributed by atoms with van der Waals surface area (Å²) in [5.41, 5.74) is -0.408. The van der Waals surface area contributed by atoms with Gasteiger partial charge in [-0.3, -0.25) is 39.5 Å². The largest absolute Gasteiger partial charge is 0.295 e. The van der Waals surface area contributed by atoms with Crippen molar-refractivity contribution in [3.8, 4) is 0 Å². The molecule has 1 saturated heterocycles. The molecule has 1 N–H and O–H groups in total. The van der Waals surface area contributed by atoms with Gasteiger partial charge in [-0.15, -0.1) is 0 Å². The van der Waals surface area contributed by atoms with Crippen LogP contribution < -0.4 is 5.32 Å². The fourth-order valence-corrected chi connectivity index (χ4v) is 2.57. The van der Waals surface area contributed by atoms with Crippen molar-refractivity contribution < 1.29 is 24.1 Å². The van der Waals surface area contributed by atoms with Crippen molar-refractivity contribution in [3.05, 3.63) is 39.4 Å². The molecule has 2 heterocycles. The van der Waals surface area contributed by atoms with Crippen molar-refractivity contribution in [2.75, 3.05) is 0 Å². The van der Waals surface area contributed by atoms with Crippen LogP contribution in [0.3, 0.4) is 0 Å². The molecule has 0 spiro atoms. The van der Waals surface area contributed by atoms with E-state index in [1.54, 1.807) is 0 Å². The molecule has 3 rings (SSSR count). The SMILES string of the molecule is O=C1CC[C@@H](N2C(=O)c3ccc([N+](=O)[O-])cc3C2=O)C(=O)N1. The summed E-state index contributed by atoms with van der Waals surface area (Å²) in [6, 6.07) is 2.25. The highest BCUT2D eigenvalue weighted by Gasteiger charge is 2.45. The third kappa shape index (κ3) is 1.94. The number of non-ortho nitro benzene ring substituents is 1. The van der Waals surface area contributed by atoms with Gasteiger partial charge < -0.3 is 0 Å². The van der Waals surface area contributed by atoms with Crippen LogP contribution in [0.5, 0.6) is 0 Å². The summed E-state index contributed by atoms with van der Waals surface area (Å²) in [7, 11) is 0. The molecule has 9 heteroatoms. The Morgan fingerprint density at radius 2 is 1.82 bits per heavy atom. The number of imide groups is 2. The summed E-state index contributed by atoms with van der Waals surface area (Å²) in [6.45, 7) is 0. The Kier molecular flexibility index (Phi) is 2.98. The molecule has 4 amide bonds. The predicted molar refractivity (Wildman–Crippen MR) is 69.8 cm³/mol. The van der Waals surface area contributed by atoms with E-state index in [0.717, 1.165) is 17.0 Å². The summed E-state index contributed by atoms with van der Waals surface area (Å²) in [6.07, 6.45) is 0.0577. The fourth-order valence-electron chi connectivity index (χ4n) is 2.57.